The molecule has 2 aromatic heterocycles. The van der Waals surface area contributed by atoms with Gasteiger partial charge in [-0.2, -0.15) is 9.97 Å². The van der Waals surface area contributed by atoms with Crippen LogP contribution in [-0.2, 0) is 25.5 Å². The van der Waals surface area contributed by atoms with Gasteiger partial charge in [0.2, 0.25) is 5.28 Å². The zero-order chi connectivity index (χ0) is 26.0. The third-order valence-corrected chi connectivity index (χ3v) is 5.87. The van der Waals surface area contributed by atoms with Crippen molar-refractivity contribution in [1.82, 2.24) is 19.5 Å². The number of halogens is 1. The molecule has 0 bridgehead atoms. The Kier molecular flexibility index (Phi) is 6.92. The standard InChI is InChI=1S/C20H19ClN8O7/c21-19-25-14(22)12-15(26-19)29(8-24-12)16-13(30)11(27-28-23)10(36-16)7-35-20(17(31)32,18(33)34)6-9-4-2-1-3-5-9/h1-5,8,10-11,13,16,30H,6-7H2,(H,31,32)(H,33,34)(H2,22,25,26)/t10-,11?,13-,16-/m1/s1. The summed E-state index contributed by atoms with van der Waals surface area (Å²) in [6, 6.07) is 6.78. The zero-order valence-corrected chi connectivity index (χ0v) is 19.0. The molecule has 1 unspecified atom stereocenters. The number of nitrogens with zero attached hydrogens (tertiary/aromatic N) is 7. The third kappa shape index (κ3) is 4.48. The molecule has 1 fully saturated rings. The van der Waals surface area contributed by atoms with E-state index in [9.17, 15) is 24.9 Å². The van der Waals surface area contributed by atoms with E-state index in [1.807, 2.05) is 0 Å². The van der Waals surface area contributed by atoms with Crippen LogP contribution in [0.1, 0.15) is 11.8 Å². The number of carbonyl (C=O) groups is 2. The topological polar surface area (TPSA) is 232 Å². The lowest BCUT2D eigenvalue weighted by Gasteiger charge is -2.27. The summed E-state index contributed by atoms with van der Waals surface area (Å²) in [5.74, 6) is -3.50. The van der Waals surface area contributed by atoms with Gasteiger partial charge in [0.05, 0.1) is 25.1 Å². The number of imidazole rings is 1. The summed E-state index contributed by atoms with van der Waals surface area (Å²) in [6.07, 6.45) is -3.18. The van der Waals surface area contributed by atoms with E-state index in [0.717, 1.165) is 0 Å². The number of aliphatic carboxylic acids is 2. The van der Waals surface area contributed by atoms with Crippen LogP contribution in [0.5, 0.6) is 0 Å². The molecule has 16 heteroatoms. The molecule has 5 N–H and O–H groups in total. The number of aliphatic hydroxyl groups excluding tert-OH is 1. The molecule has 3 aromatic rings. The molecule has 0 aliphatic carbocycles. The fraction of sp³-hybridized carbons (Fsp3) is 0.350. The normalized spacial score (nSPS) is 21.8. The van der Waals surface area contributed by atoms with Gasteiger partial charge in [-0.25, -0.2) is 14.6 Å². The number of anilines is 1. The highest BCUT2D eigenvalue weighted by Gasteiger charge is 2.51. The number of carboxylic acids is 2. The van der Waals surface area contributed by atoms with Crippen molar-refractivity contribution in [3.63, 3.8) is 0 Å². The Bertz CT molecular complexity index is 1330. The van der Waals surface area contributed by atoms with E-state index in [0.29, 0.717) is 5.56 Å². The molecule has 15 nitrogen and oxygen atoms in total. The number of azide groups is 1. The second kappa shape index (κ2) is 9.93. The van der Waals surface area contributed by atoms with Crippen molar-refractivity contribution in [1.29, 1.82) is 0 Å². The van der Waals surface area contributed by atoms with E-state index in [1.165, 1.54) is 10.9 Å². The van der Waals surface area contributed by atoms with Gasteiger partial charge in [-0.15, -0.1) is 0 Å². The summed E-state index contributed by atoms with van der Waals surface area (Å²) in [7, 11) is 0. The Labute approximate surface area is 206 Å². The van der Waals surface area contributed by atoms with Crippen LogP contribution in [0.2, 0.25) is 5.28 Å². The first kappa shape index (κ1) is 25.1. The van der Waals surface area contributed by atoms with Crippen LogP contribution in [-0.4, -0.2) is 77.2 Å². The summed E-state index contributed by atoms with van der Waals surface area (Å²) in [5.41, 5.74) is 12.8. The quantitative estimate of drug-likeness (QED) is 0.103. The van der Waals surface area contributed by atoms with Crippen LogP contribution < -0.4 is 5.73 Å². The average molecular weight is 519 g/mol. The number of nitrogens with two attached hydrogens (primary N) is 1. The van der Waals surface area contributed by atoms with Crippen LogP contribution in [0.25, 0.3) is 21.6 Å². The molecule has 4 atom stereocenters. The average Bonchev–Trinajstić information content (AvgIpc) is 3.38. The van der Waals surface area contributed by atoms with Crippen LogP contribution in [0.4, 0.5) is 5.82 Å². The first-order valence-electron chi connectivity index (χ1n) is 10.4. The molecule has 4 rings (SSSR count). The van der Waals surface area contributed by atoms with E-state index < -0.39 is 55.0 Å². The Morgan fingerprint density at radius 2 is 1.97 bits per heavy atom. The van der Waals surface area contributed by atoms with Gasteiger partial charge in [-0.05, 0) is 22.7 Å². The number of ether oxygens (including phenoxy) is 2. The number of fused-ring (bicyclic) bond motifs is 1. The molecular formula is C20H19ClN8O7. The third-order valence-electron chi connectivity index (χ3n) is 5.70. The molecule has 1 aromatic carbocycles. The van der Waals surface area contributed by atoms with Gasteiger partial charge in [0.1, 0.15) is 11.6 Å². The van der Waals surface area contributed by atoms with Crippen molar-refractivity contribution in [3.05, 3.63) is 57.9 Å². The number of aromatic nitrogens is 4. The smallest absolute Gasteiger partial charge is 0.348 e. The molecule has 3 heterocycles. The molecule has 1 saturated heterocycles. The van der Waals surface area contributed by atoms with Crippen molar-refractivity contribution < 1.29 is 34.4 Å². The van der Waals surface area contributed by atoms with Crippen molar-refractivity contribution in [2.45, 2.75) is 36.5 Å². The summed E-state index contributed by atoms with van der Waals surface area (Å²) in [6.45, 7) is -0.646. The number of nitrogen functional groups attached to an aromatic ring is 1. The first-order chi connectivity index (χ1) is 17.2. The van der Waals surface area contributed by atoms with E-state index >= 15 is 0 Å². The van der Waals surface area contributed by atoms with Crippen molar-refractivity contribution in [2.75, 3.05) is 12.3 Å². The number of hydrogen-bond acceptors (Lipinski definition) is 10. The van der Waals surface area contributed by atoms with E-state index in [1.54, 1.807) is 30.3 Å². The van der Waals surface area contributed by atoms with Gasteiger partial charge in [-0.3, -0.25) is 4.57 Å². The first-order valence-corrected chi connectivity index (χ1v) is 10.7. The maximum atomic E-state index is 12.1. The summed E-state index contributed by atoms with van der Waals surface area (Å²) in [5, 5.41) is 33.8. The maximum absolute atomic E-state index is 12.1. The highest BCUT2D eigenvalue weighted by Crippen LogP contribution is 2.35. The fourth-order valence-electron chi connectivity index (χ4n) is 3.92. The fourth-order valence-corrected chi connectivity index (χ4v) is 4.09. The molecule has 0 saturated carbocycles. The highest BCUT2D eigenvalue weighted by atomic mass is 35.5. The molecule has 1 aliphatic heterocycles. The van der Waals surface area contributed by atoms with E-state index in [-0.39, 0.29) is 22.3 Å². The number of rotatable bonds is 9. The molecule has 0 radical (unpaired) electrons. The Hall–Kier alpha value is -4.01. The predicted molar refractivity (Wildman–Crippen MR) is 122 cm³/mol. The molecular weight excluding hydrogens is 500 g/mol. The van der Waals surface area contributed by atoms with Gasteiger partial charge in [0.25, 0.3) is 5.60 Å². The Morgan fingerprint density at radius 1 is 1.28 bits per heavy atom. The Morgan fingerprint density at radius 3 is 2.61 bits per heavy atom. The number of aliphatic hydroxyl groups is 1. The van der Waals surface area contributed by atoms with Crippen LogP contribution >= 0.6 is 11.6 Å². The van der Waals surface area contributed by atoms with Crippen molar-refractivity contribution >= 4 is 40.5 Å². The Balaban J connectivity index is 1.64. The minimum absolute atomic E-state index is 0.0173. The molecule has 1 aliphatic rings. The van der Waals surface area contributed by atoms with Crippen LogP contribution in [0.15, 0.2) is 41.8 Å². The maximum Gasteiger partial charge on any atom is 0.348 e. The molecule has 0 amide bonds. The second-order valence-electron chi connectivity index (χ2n) is 7.86. The van der Waals surface area contributed by atoms with E-state index in [2.05, 4.69) is 25.0 Å². The van der Waals surface area contributed by atoms with Crippen LogP contribution in [0.3, 0.4) is 0 Å². The van der Waals surface area contributed by atoms with Gasteiger partial charge < -0.3 is 30.5 Å². The zero-order valence-electron chi connectivity index (χ0n) is 18.2. The van der Waals surface area contributed by atoms with Crippen molar-refractivity contribution in [3.8, 4) is 0 Å². The number of benzene rings is 1. The molecule has 0 spiro atoms. The summed E-state index contributed by atoms with van der Waals surface area (Å²) >= 11 is 5.88. The SMILES string of the molecule is [N-]=[N+]=NC1[C@@H](O)[C@H](n2cnc3c(N)nc(Cl)nc32)O[C@@H]1COC(Cc1ccccc1)(C(=O)O)C(=O)O. The minimum Gasteiger partial charge on any atom is -0.479 e. The van der Waals surface area contributed by atoms with E-state index in [4.69, 9.17) is 32.3 Å². The van der Waals surface area contributed by atoms with Gasteiger partial charge in [-0.1, -0.05) is 35.4 Å². The second-order valence-corrected chi connectivity index (χ2v) is 8.20. The lowest BCUT2D eigenvalue weighted by Crippen LogP contribution is -2.52. The summed E-state index contributed by atoms with van der Waals surface area (Å²) < 4.78 is 12.6. The van der Waals surface area contributed by atoms with Gasteiger partial charge in [0.15, 0.2) is 17.7 Å². The van der Waals surface area contributed by atoms with Gasteiger partial charge >= 0.3 is 11.9 Å². The largest absolute Gasteiger partial charge is 0.479 e. The van der Waals surface area contributed by atoms with Crippen LogP contribution in [0, 0.1) is 0 Å². The van der Waals surface area contributed by atoms with Crippen molar-refractivity contribution in [2.24, 2.45) is 5.11 Å². The predicted octanol–water partition coefficient (Wildman–Crippen LogP) is 1.17. The summed E-state index contributed by atoms with van der Waals surface area (Å²) in [4.78, 5) is 38.8. The minimum atomic E-state index is -2.68. The highest BCUT2D eigenvalue weighted by molar-refractivity contribution is 6.28. The lowest BCUT2D eigenvalue weighted by molar-refractivity contribution is -0.188. The lowest BCUT2D eigenvalue weighted by atomic mass is 9.94. The number of hydrogen-bond donors (Lipinski definition) is 4. The monoisotopic (exact) mass is 518 g/mol. The molecule has 188 valence electrons. The molecule has 36 heavy (non-hydrogen) atoms. The number of carboxylic acid groups (broad SMARTS) is 2. The van der Waals surface area contributed by atoms with Gasteiger partial charge in [0, 0.05) is 11.3 Å².